The molecule has 0 aromatic heterocycles. The first kappa shape index (κ1) is 12.4. The second-order valence-electron chi connectivity index (χ2n) is 4.54. The molecule has 1 aromatic rings. The van der Waals surface area contributed by atoms with Gasteiger partial charge in [-0.15, -0.1) is 0 Å². The van der Waals surface area contributed by atoms with Crippen LogP contribution in [0.25, 0.3) is 0 Å². The third-order valence-electron chi connectivity index (χ3n) is 3.48. The van der Waals surface area contributed by atoms with Crippen molar-refractivity contribution >= 4 is 0 Å². The third kappa shape index (κ3) is 3.20. The van der Waals surface area contributed by atoms with Gasteiger partial charge in [0.2, 0.25) is 0 Å². The molecule has 1 saturated carbocycles. The maximum atomic E-state index is 5.47. The summed E-state index contributed by atoms with van der Waals surface area (Å²) < 4.78 is 10.6. The fourth-order valence-corrected chi connectivity index (χ4v) is 2.43. The molecule has 2 atom stereocenters. The van der Waals surface area contributed by atoms with Gasteiger partial charge in [0.1, 0.15) is 5.75 Å². The van der Waals surface area contributed by atoms with Gasteiger partial charge < -0.3 is 14.8 Å². The maximum Gasteiger partial charge on any atom is 0.118 e. The van der Waals surface area contributed by atoms with Crippen molar-refractivity contribution in [1.29, 1.82) is 0 Å². The summed E-state index contributed by atoms with van der Waals surface area (Å²) in [5.74, 6) is 0.907. The second-order valence-corrected chi connectivity index (χ2v) is 4.54. The van der Waals surface area contributed by atoms with Crippen molar-refractivity contribution < 1.29 is 9.47 Å². The average molecular weight is 235 g/mol. The summed E-state index contributed by atoms with van der Waals surface area (Å²) in [7, 11) is 3.49. The molecule has 3 heteroatoms. The van der Waals surface area contributed by atoms with E-state index >= 15 is 0 Å². The lowest BCUT2D eigenvalue weighted by molar-refractivity contribution is 0.0847. The number of hydrogen-bond donors (Lipinski definition) is 1. The number of ether oxygens (including phenoxy) is 2. The van der Waals surface area contributed by atoms with Crippen LogP contribution in [0.1, 0.15) is 24.8 Å². The molecule has 1 N–H and O–H groups in total. The Morgan fingerprint density at radius 2 is 1.94 bits per heavy atom. The van der Waals surface area contributed by atoms with Crippen LogP contribution in [0.15, 0.2) is 24.3 Å². The molecule has 94 valence electrons. The average Bonchev–Trinajstić information content (AvgIpc) is 2.84. The molecular formula is C14H21NO2. The van der Waals surface area contributed by atoms with Gasteiger partial charge in [-0.3, -0.25) is 0 Å². The smallest absolute Gasteiger partial charge is 0.118 e. The van der Waals surface area contributed by atoms with E-state index in [0.717, 1.165) is 12.3 Å². The molecule has 1 aliphatic carbocycles. The Labute approximate surface area is 103 Å². The van der Waals surface area contributed by atoms with E-state index in [1.54, 1.807) is 14.2 Å². The molecule has 17 heavy (non-hydrogen) atoms. The zero-order valence-electron chi connectivity index (χ0n) is 10.6. The summed E-state index contributed by atoms with van der Waals surface area (Å²) in [6.07, 6.45) is 4.04. The van der Waals surface area contributed by atoms with Gasteiger partial charge >= 0.3 is 0 Å². The van der Waals surface area contributed by atoms with Gasteiger partial charge in [0.15, 0.2) is 0 Å². The van der Waals surface area contributed by atoms with Crippen LogP contribution >= 0.6 is 0 Å². The van der Waals surface area contributed by atoms with Gasteiger partial charge in [-0.25, -0.2) is 0 Å². The fourth-order valence-electron chi connectivity index (χ4n) is 2.43. The summed E-state index contributed by atoms with van der Waals surface area (Å²) >= 11 is 0. The molecule has 0 aliphatic heterocycles. The van der Waals surface area contributed by atoms with Crippen LogP contribution in [0, 0.1) is 0 Å². The minimum Gasteiger partial charge on any atom is -0.497 e. The van der Waals surface area contributed by atoms with E-state index in [-0.39, 0.29) is 0 Å². The standard InChI is InChI=1S/C14H21NO2/c1-16-12-8-6-11(7-9-12)10-15-13-4-3-5-14(13)17-2/h6-9,13-15H,3-5,10H2,1-2H3. The van der Waals surface area contributed by atoms with E-state index in [9.17, 15) is 0 Å². The van der Waals surface area contributed by atoms with Crippen LogP contribution in [-0.2, 0) is 11.3 Å². The molecule has 3 nitrogen and oxygen atoms in total. The molecule has 0 amide bonds. The van der Waals surface area contributed by atoms with Crippen LogP contribution < -0.4 is 10.1 Å². The van der Waals surface area contributed by atoms with Crippen LogP contribution in [0.5, 0.6) is 5.75 Å². The zero-order valence-corrected chi connectivity index (χ0v) is 10.6. The Morgan fingerprint density at radius 1 is 1.18 bits per heavy atom. The van der Waals surface area contributed by atoms with Crippen molar-refractivity contribution in [3.05, 3.63) is 29.8 Å². The molecule has 0 spiro atoms. The number of methoxy groups -OCH3 is 2. The minimum absolute atomic E-state index is 0.383. The maximum absolute atomic E-state index is 5.47. The molecule has 0 saturated heterocycles. The number of hydrogen-bond acceptors (Lipinski definition) is 3. The van der Waals surface area contributed by atoms with E-state index in [0.29, 0.717) is 12.1 Å². The van der Waals surface area contributed by atoms with Gasteiger partial charge in [0.05, 0.1) is 13.2 Å². The van der Waals surface area contributed by atoms with E-state index in [1.807, 2.05) is 12.1 Å². The number of nitrogens with one attached hydrogen (secondary N) is 1. The quantitative estimate of drug-likeness (QED) is 0.850. The fraction of sp³-hybridized carbons (Fsp3) is 0.571. The Kier molecular flexibility index (Phi) is 4.40. The summed E-state index contributed by atoms with van der Waals surface area (Å²) in [5, 5.41) is 3.57. The zero-order chi connectivity index (χ0) is 12.1. The van der Waals surface area contributed by atoms with Gasteiger partial charge in [0, 0.05) is 19.7 Å². The molecule has 0 bridgehead atoms. The lowest BCUT2D eigenvalue weighted by atomic mass is 10.1. The SMILES string of the molecule is COc1ccc(CNC2CCCC2OC)cc1. The van der Waals surface area contributed by atoms with Gasteiger partial charge in [-0.2, -0.15) is 0 Å². The van der Waals surface area contributed by atoms with E-state index in [2.05, 4.69) is 17.4 Å². The normalized spacial score (nSPS) is 23.9. The van der Waals surface area contributed by atoms with Crippen molar-refractivity contribution in [3.8, 4) is 5.75 Å². The van der Waals surface area contributed by atoms with Crippen LogP contribution in [0.2, 0.25) is 0 Å². The van der Waals surface area contributed by atoms with Crippen LogP contribution in [-0.4, -0.2) is 26.4 Å². The molecule has 0 radical (unpaired) electrons. The molecule has 2 unspecified atom stereocenters. The highest BCUT2D eigenvalue weighted by Crippen LogP contribution is 2.22. The van der Waals surface area contributed by atoms with E-state index in [1.165, 1.54) is 24.8 Å². The van der Waals surface area contributed by atoms with Crippen molar-refractivity contribution in [2.45, 2.75) is 38.0 Å². The second kappa shape index (κ2) is 6.03. The predicted octanol–water partition coefficient (Wildman–Crippen LogP) is 2.35. The first-order valence-electron chi connectivity index (χ1n) is 6.22. The molecular weight excluding hydrogens is 214 g/mol. The van der Waals surface area contributed by atoms with Crippen LogP contribution in [0.4, 0.5) is 0 Å². The van der Waals surface area contributed by atoms with Gasteiger partial charge in [0.25, 0.3) is 0 Å². The Morgan fingerprint density at radius 3 is 2.59 bits per heavy atom. The molecule has 1 aliphatic rings. The number of benzene rings is 1. The van der Waals surface area contributed by atoms with Gasteiger partial charge in [-0.05, 0) is 37.0 Å². The summed E-state index contributed by atoms with van der Waals surface area (Å²) in [6, 6.07) is 8.70. The van der Waals surface area contributed by atoms with Crippen molar-refractivity contribution in [2.24, 2.45) is 0 Å². The highest BCUT2D eigenvalue weighted by molar-refractivity contribution is 5.27. The van der Waals surface area contributed by atoms with Gasteiger partial charge in [-0.1, -0.05) is 12.1 Å². The third-order valence-corrected chi connectivity index (χ3v) is 3.48. The first-order chi connectivity index (χ1) is 8.33. The highest BCUT2D eigenvalue weighted by atomic mass is 16.5. The van der Waals surface area contributed by atoms with E-state index < -0.39 is 0 Å². The Hall–Kier alpha value is -1.06. The lowest BCUT2D eigenvalue weighted by Gasteiger charge is -2.19. The summed E-state index contributed by atoms with van der Waals surface area (Å²) in [6.45, 7) is 0.897. The van der Waals surface area contributed by atoms with Crippen molar-refractivity contribution in [1.82, 2.24) is 5.32 Å². The molecule has 2 rings (SSSR count). The summed E-state index contributed by atoms with van der Waals surface area (Å²) in [5.41, 5.74) is 1.28. The highest BCUT2D eigenvalue weighted by Gasteiger charge is 2.26. The topological polar surface area (TPSA) is 30.5 Å². The first-order valence-corrected chi connectivity index (χ1v) is 6.22. The Balaban J connectivity index is 1.84. The largest absolute Gasteiger partial charge is 0.497 e. The minimum atomic E-state index is 0.383. The Bertz CT molecular complexity index is 337. The molecule has 1 fully saturated rings. The van der Waals surface area contributed by atoms with Crippen molar-refractivity contribution in [2.75, 3.05) is 14.2 Å². The number of rotatable bonds is 5. The van der Waals surface area contributed by atoms with E-state index in [4.69, 9.17) is 9.47 Å². The lowest BCUT2D eigenvalue weighted by Crippen LogP contribution is -2.36. The predicted molar refractivity (Wildman–Crippen MR) is 68.3 cm³/mol. The monoisotopic (exact) mass is 235 g/mol. The summed E-state index contributed by atoms with van der Waals surface area (Å²) in [4.78, 5) is 0. The van der Waals surface area contributed by atoms with Crippen LogP contribution in [0.3, 0.4) is 0 Å². The molecule has 0 heterocycles. The molecule has 1 aromatic carbocycles. The van der Waals surface area contributed by atoms with Crippen molar-refractivity contribution in [3.63, 3.8) is 0 Å².